The van der Waals surface area contributed by atoms with Crippen molar-refractivity contribution in [2.24, 2.45) is 5.92 Å². The number of hydrogen-bond acceptors (Lipinski definition) is 5. The van der Waals surface area contributed by atoms with Crippen LogP contribution in [0.4, 0.5) is 10.5 Å². The van der Waals surface area contributed by atoms with Gasteiger partial charge in [0.05, 0.1) is 12.6 Å². The van der Waals surface area contributed by atoms with E-state index in [0.717, 1.165) is 51.1 Å². The fourth-order valence-electron chi connectivity index (χ4n) is 6.14. The molecule has 38 heavy (non-hydrogen) atoms. The number of hydrogen-bond donors (Lipinski definition) is 1. The van der Waals surface area contributed by atoms with Crippen LogP contribution in [-0.4, -0.2) is 95.7 Å². The predicted octanol–water partition coefficient (Wildman–Crippen LogP) is 3.14. The molecule has 3 fully saturated rings. The van der Waals surface area contributed by atoms with E-state index < -0.39 is 12.1 Å². The zero-order chi connectivity index (χ0) is 27.4. The van der Waals surface area contributed by atoms with Gasteiger partial charge in [-0.05, 0) is 76.1 Å². The molecule has 4 rings (SSSR count). The van der Waals surface area contributed by atoms with Crippen molar-refractivity contribution in [2.75, 3.05) is 44.2 Å². The van der Waals surface area contributed by atoms with Gasteiger partial charge in [0.25, 0.3) is 5.91 Å². The van der Waals surface area contributed by atoms with E-state index in [2.05, 4.69) is 24.1 Å². The number of ketones is 1. The number of anilines is 1. The third kappa shape index (κ3) is 5.81. The molecule has 4 amide bonds. The molecule has 3 atom stereocenters. The van der Waals surface area contributed by atoms with Gasteiger partial charge in [-0.2, -0.15) is 0 Å². The average Bonchev–Trinajstić information content (AvgIpc) is 3.50. The summed E-state index contributed by atoms with van der Waals surface area (Å²) in [5, 5.41) is 2.95. The molecule has 1 N–H and O–H groups in total. The van der Waals surface area contributed by atoms with Gasteiger partial charge in [-0.15, -0.1) is 0 Å². The summed E-state index contributed by atoms with van der Waals surface area (Å²) >= 11 is 0. The number of benzene rings is 1. The Morgan fingerprint density at radius 2 is 1.63 bits per heavy atom. The van der Waals surface area contributed by atoms with E-state index in [1.54, 1.807) is 21.9 Å². The van der Waals surface area contributed by atoms with Crippen molar-refractivity contribution in [3.63, 3.8) is 0 Å². The maximum atomic E-state index is 13.8. The highest BCUT2D eigenvalue weighted by Crippen LogP contribution is 2.32. The maximum Gasteiger partial charge on any atom is 0.320 e. The fraction of sp³-hybridized carbons (Fsp3) is 0.655. The molecule has 0 spiro atoms. The lowest BCUT2D eigenvalue weighted by Gasteiger charge is -2.33. The second kappa shape index (κ2) is 12.2. The van der Waals surface area contributed by atoms with Crippen LogP contribution in [0, 0.1) is 5.92 Å². The van der Waals surface area contributed by atoms with Crippen LogP contribution in [0.3, 0.4) is 0 Å². The lowest BCUT2D eigenvalue weighted by Crippen LogP contribution is -2.53. The molecule has 9 heteroatoms. The number of Topliss-reactive ketones (excluding diaryl/α,β-unsaturated/α-hetero) is 1. The van der Waals surface area contributed by atoms with Crippen LogP contribution in [-0.2, 0) is 9.59 Å². The summed E-state index contributed by atoms with van der Waals surface area (Å²) in [6, 6.07) is 5.70. The smallest absolute Gasteiger partial charge is 0.320 e. The minimum absolute atomic E-state index is 0.0501. The number of amides is 4. The highest BCUT2D eigenvalue weighted by atomic mass is 16.2. The van der Waals surface area contributed by atoms with Gasteiger partial charge in [0.1, 0.15) is 12.1 Å². The van der Waals surface area contributed by atoms with Crippen molar-refractivity contribution in [1.82, 2.24) is 20.0 Å². The van der Waals surface area contributed by atoms with E-state index in [9.17, 15) is 19.2 Å². The van der Waals surface area contributed by atoms with Gasteiger partial charge >= 0.3 is 6.03 Å². The van der Waals surface area contributed by atoms with Gasteiger partial charge in [0.2, 0.25) is 5.91 Å². The lowest BCUT2D eigenvalue weighted by atomic mass is 10.0. The van der Waals surface area contributed by atoms with Gasteiger partial charge in [0.15, 0.2) is 5.78 Å². The molecule has 0 aliphatic carbocycles. The maximum absolute atomic E-state index is 13.8. The molecule has 0 bridgehead atoms. The molecule has 1 aromatic carbocycles. The molecule has 3 aliphatic heterocycles. The number of fused-ring (bicyclic) bond motifs is 1. The number of carbonyl (C=O) groups is 4. The largest absolute Gasteiger partial charge is 0.372 e. The molecule has 3 unspecified atom stereocenters. The van der Waals surface area contributed by atoms with E-state index >= 15 is 0 Å². The zero-order valence-corrected chi connectivity index (χ0v) is 23.3. The van der Waals surface area contributed by atoms with Crippen LogP contribution in [0.1, 0.15) is 70.2 Å². The Kier molecular flexibility index (Phi) is 8.95. The van der Waals surface area contributed by atoms with E-state index in [-0.39, 0.29) is 42.1 Å². The minimum atomic E-state index is -0.733. The van der Waals surface area contributed by atoms with Gasteiger partial charge in [0, 0.05) is 44.0 Å². The van der Waals surface area contributed by atoms with Crippen LogP contribution in [0.5, 0.6) is 0 Å². The first kappa shape index (κ1) is 27.9. The minimum Gasteiger partial charge on any atom is -0.372 e. The summed E-state index contributed by atoms with van der Waals surface area (Å²) in [5.41, 5.74) is 1.55. The van der Waals surface area contributed by atoms with E-state index in [1.165, 1.54) is 0 Å². The molecule has 3 heterocycles. The number of nitrogens with one attached hydrogen (secondary N) is 1. The Morgan fingerprint density at radius 1 is 0.974 bits per heavy atom. The SMILES string of the molecule is CCN(CC)c1ccc(C(=O)NC(CC(C)C)C(=O)N2CCC3C2C(=O)CN3C(=O)N2CCCCC2)cc1. The topological polar surface area (TPSA) is 93.3 Å². The number of carbonyl (C=O) groups excluding carboxylic acids is 4. The Hall–Kier alpha value is -3.10. The standard InChI is InChI=1S/C29H43N5O4/c1-5-31(6-2)22-12-10-21(11-13-22)27(36)30-23(18-20(3)4)28(37)33-17-14-24-26(33)25(35)19-34(24)29(38)32-15-8-7-9-16-32/h10-13,20,23-24,26H,5-9,14-19H2,1-4H3,(H,30,36). The summed E-state index contributed by atoms with van der Waals surface area (Å²) in [6.45, 7) is 11.9. The molecule has 3 aliphatic rings. The van der Waals surface area contributed by atoms with Crippen LogP contribution >= 0.6 is 0 Å². The van der Waals surface area contributed by atoms with Gasteiger partial charge in [-0.25, -0.2) is 4.79 Å². The quantitative estimate of drug-likeness (QED) is 0.563. The Labute approximate surface area is 226 Å². The molecular weight excluding hydrogens is 482 g/mol. The first-order valence-corrected chi connectivity index (χ1v) is 14.3. The summed E-state index contributed by atoms with van der Waals surface area (Å²) in [6.07, 6.45) is 4.15. The zero-order valence-electron chi connectivity index (χ0n) is 23.3. The van der Waals surface area contributed by atoms with E-state index in [4.69, 9.17) is 0 Å². The number of urea groups is 1. The van der Waals surface area contributed by atoms with E-state index in [1.807, 2.05) is 30.9 Å². The molecule has 3 saturated heterocycles. The highest BCUT2D eigenvalue weighted by molar-refractivity contribution is 6.00. The van der Waals surface area contributed by atoms with Crippen LogP contribution < -0.4 is 10.2 Å². The molecule has 208 valence electrons. The lowest BCUT2D eigenvalue weighted by molar-refractivity contribution is -0.138. The third-order valence-electron chi connectivity index (χ3n) is 8.15. The number of rotatable bonds is 8. The molecule has 1 aromatic rings. The van der Waals surface area contributed by atoms with Gasteiger partial charge in [-0.3, -0.25) is 14.4 Å². The number of piperidine rings is 1. The second-order valence-corrected chi connectivity index (χ2v) is 11.1. The summed E-state index contributed by atoms with van der Waals surface area (Å²) in [5.74, 6) is -0.456. The van der Waals surface area contributed by atoms with Crippen molar-refractivity contribution >= 4 is 29.3 Å². The van der Waals surface area contributed by atoms with Crippen molar-refractivity contribution < 1.29 is 19.2 Å². The van der Waals surface area contributed by atoms with Crippen LogP contribution in [0.25, 0.3) is 0 Å². The first-order valence-electron chi connectivity index (χ1n) is 14.3. The Bertz CT molecular complexity index is 1020. The van der Waals surface area contributed by atoms with Gasteiger partial charge in [-0.1, -0.05) is 13.8 Å². The molecule has 0 aromatic heterocycles. The van der Waals surface area contributed by atoms with E-state index in [0.29, 0.717) is 24.9 Å². The Balaban J connectivity index is 1.45. The first-order chi connectivity index (χ1) is 18.2. The number of likely N-dealkylation sites (tertiary alicyclic amines) is 3. The second-order valence-electron chi connectivity index (χ2n) is 11.1. The third-order valence-corrected chi connectivity index (χ3v) is 8.15. The average molecular weight is 526 g/mol. The van der Waals surface area contributed by atoms with Crippen LogP contribution in [0.15, 0.2) is 24.3 Å². The van der Waals surface area contributed by atoms with Crippen molar-refractivity contribution in [2.45, 2.75) is 77.9 Å². The van der Waals surface area contributed by atoms with Crippen molar-refractivity contribution in [3.8, 4) is 0 Å². The highest BCUT2D eigenvalue weighted by Gasteiger charge is 2.52. The molecule has 0 radical (unpaired) electrons. The summed E-state index contributed by atoms with van der Waals surface area (Å²) < 4.78 is 0. The molecular formula is C29H43N5O4. The molecule has 9 nitrogen and oxygen atoms in total. The predicted molar refractivity (Wildman–Crippen MR) is 147 cm³/mol. The summed E-state index contributed by atoms with van der Waals surface area (Å²) in [7, 11) is 0. The van der Waals surface area contributed by atoms with Crippen molar-refractivity contribution in [1.29, 1.82) is 0 Å². The number of nitrogens with zero attached hydrogens (tertiary/aromatic N) is 4. The molecule has 0 saturated carbocycles. The fourth-order valence-corrected chi connectivity index (χ4v) is 6.14. The normalized spacial score (nSPS) is 22.0. The monoisotopic (exact) mass is 525 g/mol. The van der Waals surface area contributed by atoms with Crippen molar-refractivity contribution in [3.05, 3.63) is 29.8 Å². The van der Waals surface area contributed by atoms with Crippen LogP contribution in [0.2, 0.25) is 0 Å². The summed E-state index contributed by atoms with van der Waals surface area (Å²) in [4.78, 5) is 60.6. The Morgan fingerprint density at radius 3 is 2.24 bits per heavy atom. The van der Waals surface area contributed by atoms with Gasteiger partial charge < -0.3 is 24.9 Å².